The Kier molecular flexibility index (Phi) is 4.98. The fourth-order valence-electron chi connectivity index (χ4n) is 4.49. The van der Waals surface area contributed by atoms with Gasteiger partial charge in [0.15, 0.2) is 0 Å². The van der Waals surface area contributed by atoms with Crippen LogP contribution in [0.2, 0.25) is 0 Å². The molecule has 1 saturated heterocycles. The van der Waals surface area contributed by atoms with E-state index in [1.54, 1.807) is 12.1 Å². The molecule has 3 atom stereocenters. The fraction of sp³-hybridized carbons (Fsp3) is 0.192. The van der Waals surface area contributed by atoms with Gasteiger partial charge in [-0.05, 0) is 54.4 Å². The van der Waals surface area contributed by atoms with Gasteiger partial charge in [-0.15, -0.1) is 0 Å². The Hall–Kier alpha value is -3.93. The van der Waals surface area contributed by atoms with Crippen LogP contribution in [0.4, 0.5) is 5.69 Å². The Labute approximate surface area is 186 Å². The molecule has 3 aromatic carbocycles. The SMILES string of the molecule is COc1ccc(C2=NN(c3ccccc3)[C@@H]3C(=O)N([C@H](C)c4ccccc4)C(=O)[C@H]23)cc1. The molecule has 2 aliphatic heterocycles. The number of hydrogen-bond donors (Lipinski definition) is 0. The molecule has 6 heteroatoms. The number of hydrazone groups is 1. The summed E-state index contributed by atoms with van der Waals surface area (Å²) in [5.74, 6) is -0.393. The standard InChI is InChI=1S/C26H23N3O3/c1-17(18-9-5-3-6-10-18)28-25(30)22-23(19-13-15-21(32-2)16-14-19)27-29(24(22)26(28)31)20-11-7-4-8-12-20/h3-17,22,24H,1-2H3/t17-,22-,24+/m1/s1. The summed E-state index contributed by atoms with van der Waals surface area (Å²) in [7, 11) is 1.61. The molecule has 160 valence electrons. The third-order valence-electron chi connectivity index (χ3n) is 6.16. The summed E-state index contributed by atoms with van der Waals surface area (Å²) >= 11 is 0. The zero-order chi connectivity index (χ0) is 22.2. The van der Waals surface area contributed by atoms with Crippen LogP contribution in [0, 0.1) is 5.92 Å². The average molecular weight is 425 g/mol. The predicted molar refractivity (Wildman–Crippen MR) is 122 cm³/mol. The van der Waals surface area contributed by atoms with Crippen LogP contribution in [-0.4, -0.2) is 35.6 Å². The first-order valence-corrected chi connectivity index (χ1v) is 10.6. The maximum absolute atomic E-state index is 13.7. The van der Waals surface area contributed by atoms with Crippen molar-refractivity contribution in [2.45, 2.75) is 19.0 Å². The molecular weight excluding hydrogens is 402 g/mol. The van der Waals surface area contributed by atoms with Gasteiger partial charge in [-0.3, -0.25) is 19.5 Å². The van der Waals surface area contributed by atoms with Crippen LogP contribution in [0.25, 0.3) is 0 Å². The van der Waals surface area contributed by atoms with Crippen molar-refractivity contribution in [3.8, 4) is 5.75 Å². The number of methoxy groups -OCH3 is 1. The summed E-state index contributed by atoms with van der Waals surface area (Å²) < 4.78 is 5.27. The number of likely N-dealkylation sites (tertiary alicyclic amines) is 1. The third-order valence-corrected chi connectivity index (χ3v) is 6.16. The zero-order valence-corrected chi connectivity index (χ0v) is 17.9. The van der Waals surface area contributed by atoms with Crippen molar-refractivity contribution in [3.05, 3.63) is 96.1 Å². The number of rotatable bonds is 5. The number of ether oxygens (including phenoxy) is 1. The molecule has 0 spiro atoms. The third kappa shape index (κ3) is 3.15. The number of hydrogen-bond acceptors (Lipinski definition) is 5. The van der Waals surface area contributed by atoms with Crippen molar-refractivity contribution in [1.82, 2.24) is 4.90 Å². The fourth-order valence-corrected chi connectivity index (χ4v) is 4.49. The Morgan fingerprint density at radius 3 is 2.09 bits per heavy atom. The van der Waals surface area contributed by atoms with Crippen molar-refractivity contribution in [2.75, 3.05) is 12.1 Å². The van der Waals surface area contributed by atoms with Gasteiger partial charge >= 0.3 is 0 Å². The molecule has 1 fully saturated rings. The number of nitrogens with zero attached hydrogens (tertiary/aromatic N) is 3. The minimum Gasteiger partial charge on any atom is -0.497 e. The Morgan fingerprint density at radius 1 is 0.844 bits per heavy atom. The number of amides is 2. The molecule has 0 N–H and O–H groups in total. The van der Waals surface area contributed by atoms with Crippen molar-refractivity contribution in [3.63, 3.8) is 0 Å². The van der Waals surface area contributed by atoms with E-state index in [4.69, 9.17) is 9.84 Å². The van der Waals surface area contributed by atoms with E-state index in [9.17, 15) is 9.59 Å². The minimum absolute atomic E-state index is 0.218. The molecule has 6 nitrogen and oxygen atoms in total. The molecule has 0 bridgehead atoms. The van der Waals surface area contributed by atoms with Gasteiger partial charge in [0.25, 0.3) is 5.91 Å². The van der Waals surface area contributed by atoms with Crippen molar-refractivity contribution < 1.29 is 14.3 Å². The molecular formula is C26H23N3O3. The van der Waals surface area contributed by atoms with Crippen LogP contribution >= 0.6 is 0 Å². The number of imide groups is 1. The summed E-state index contributed by atoms with van der Waals surface area (Å²) in [6, 6.07) is 25.5. The van der Waals surface area contributed by atoms with Gasteiger partial charge in [0.2, 0.25) is 5.91 Å². The predicted octanol–water partition coefficient (Wildman–Crippen LogP) is 4.03. The largest absolute Gasteiger partial charge is 0.497 e. The summed E-state index contributed by atoms with van der Waals surface area (Å²) in [6.45, 7) is 1.89. The first-order valence-electron chi connectivity index (χ1n) is 10.6. The van der Waals surface area contributed by atoms with Crippen LogP contribution < -0.4 is 9.75 Å². The van der Waals surface area contributed by atoms with E-state index in [1.807, 2.05) is 91.9 Å². The van der Waals surface area contributed by atoms with E-state index in [1.165, 1.54) is 4.90 Å². The Balaban J connectivity index is 1.58. The first-order chi connectivity index (χ1) is 15.6. The van der Waals surface area contributed by atoms with Crippen LogP contribution in [0.3, 0.4) is 0 Å². The number of carbonyl (C=O) groups excluding carboxylic acids is 2. The highest BCUT2D eigenvalue weighted by atomic mass is 16.5. The number of carbonyl (C=O) groups is 2. The number of fused-ring (bicyclic) bond motifs is 1. The topological polar surface area (TPSA) is 62.2 Å². The summed E-state index contributed by atoms with van der Waals surface area (Å²) in [6.07, 6.45) is 0. The van der Waals surface area contributed by atoms with Gasteiger partial charge in [-0.1, -0.05) is 48.5 Å². The smallest absolute Gasteiger partial charge is 0.255 e. The van der Waals surface area contributed by atoms with Gasteiger partial charge in [0, 0.05) is 0 Å². The van der Waals surface area contributed by atoms with Crippen LogP contribution in [0.5, 0.6) is 5.75 Å². The van der Waals surface area contributed by atoms with Crippen molar-refractivity contribution in [2.24, 2.45) is 11.0 Å². The van der Waals surface area contributed by atoms with Gasteiger partial charge in [-0.25, -0.2) is 0 Å². The van der Waals surface area contributed by atoms with Crippen molar-refractivity contribution in [1.29, 1.82) is 0 Å². The molecule has 0 unspecified atom stereocenters. The molecule has 32 heavy (non-hydrogen) atoms. The van der Waals surface area contributed by atoms with E-state index in [-0.39, 0.29) is 17.9 Å². The van der Waals surface area contributed by atoms with Crippen LogP contribution in [0.15, 0.2) is 90.0 Å². The molecule has 5 rings (SSSR count). The molecule has 0 aromatic heterocycles. The second-order valence-corrected chi connectivity index (χ2v) is 7.95. The molecule has 0 aliphatic carbocycles. The highest BCUT2D eigenvalue weighted by Gasteiger charge is 2.58. The lowest BCUT2D eigenvalue weighted by atomic mass is 9.92. The highest BCUT2D eigenvalue weighted by Crippen LogP contribution is 2.40. The van der Waals surface area contributed by atoms with Crippen LogP contribution in [0.1, 0.15) is 24.1 Å². The number of para-hydroxylation sites is 1. The molecule has 2 amide bonds. The summed E-state index contributed by atoms with van der Waals surface area (Å²) in [5, 5.41) is 6.47. The number of benzene rings is 3. The second-order valence-electron chi connectivity index (χ2n) is 7.95. The van der Waals surface area contributed by atoms with E-state index >= 15 is 0 Å². The zero-order valence-electron chi connectivity index (χ0n) is 17.9. The quantitative estimate of drug-likeness (QED) is 0.579. The van der Waals surface area contributed by atoms with E-state index in [0.29, 0.717) is 5.71 Å². The summed E-state index contributed by atoms with van der Waals surface area (Å²) in [5.41, 5.74) is 3.10. The first kappa shape index (κ1) is 20.0. The molecule has 2 heterocycles. The lowest BCUT2D eigenvalue weighted by molar-refractivity contribution is -0.141. The van der Waals surface area contributed by atoms with Gasteiger partial charge < -0.3 is 4.74 Å². The maximum Gasteiger partial charge on any atom is 0.255 e. The summed E-state index contributed by atoms with van der Waals surface area (Å²) in [4.78, 5) is 28.7. The number of anilines is 1. The van der Waals surface area contributed by atoms with Crippen molar-refractivity contribution >= 4 is 23.2 Å². The highest BCUT2D eigenvalue weighted by molar-refractivity contribution is 6.25. The normalized spacial score (nSPS) is 20.9. The van der Waals surface area contributed by atoms with Gasteiger partial charge in [0.1, 0.15) is 17.7 Å². The molecule has 3 aromatic rings. The maximum atomic E-state index is 13.7. The van der Waals surface area contributed by atoms with Crippen LogP contribution in [-0.2, 0) is 9.59 Å². The monoisotopic (exact) mass is 425 g/mol. The minimum atomic E-state index is -0.701. The molecule has 0 radical (unpaired) electrons. The van der Waals surface area contributed by atoms with Gasteiger partial charge in [0.05, 0.1) is 24.6 Å². The van der Waals surface area contributed by atoms with E-state index < -0.39 is 12.0 Å². The molecule has 0 saturated carbocycles. The lowest BCUT2D eigenvalue weighted by Crippen LogP contribution is -2.40. The second kappa shape index (κ2) is 7.96. The Morgan fingerprint density at radius 2 is 1.47 bits per heavy atom. The molecule has 2 aliphatic rings. The lowest BCUT2D eigenvalue weighted by Gasteiger charge is -2.26. The van der Waals surface area contributed by atoms with E-state index in [0.717, 1.165) is 22.6 Å². The van der Waals surface area contributed by atoms with E-state index in [2.05, 4.69) is 0 Å². The average Bonchev–Trinajstić information content (AvgIpc) is 3.36. The van der Waals surface area contributed by atoms with Gasteiger partial charge in [-0.2, -0.15) is 5.10 Å². The Bertz CT molecular complexity index is 1180.